The number of hydrogen-bond acceptors (Lipinski definition) is 2. The van der Waals surface area contributed by atoms with Crippen LogP contribution in [0.25, 0.3) is 0 Å². The fraction of sp³-hybridized carbons (Fsp3) is 0.500. The smallest absolute Gasteiger partial charge is 0.336 e. The van der Waals surface area contributed by atoms with Gasteiger partial charge in [0, 0.05) is 10.1 Å². The predicted molar refractivity (Wildman–Crippen MR) is 70.9 cm³/mol. The monoisotopic (exact) mass is 250 g/mol. The molecule has 2 rings (SSSR count). The molecular formula is C14H18O2S. The zero-order valence-electron chi connectivity index (χ0n) is 10.1. The van der Waals surface area contributed by atoms with E-state index >= 15 is 0 Å². The third-order valence-corrected chi connectivity index (χ3v) is 4.63. The number of carboxylic acid groups (broad SMARTS) is 1. The van der Waals surface area contributed by atoms with Crippen LogP contribution in [-0.4, -0.2) is 16.3 Å². The maximum Gasteiger partial charge on any atom is 0.336 e. The summed E-state index contributed by atoms with van der Waals surface area (Å²) in [4.78, 5) is 12.1. The first-order valence-corrected chi connectivity index (χ1v) is 7.05. The van der Waals surface area contributed by atoms with Gasteiger partial charge in [0.1, 0.15) is 0 Å². The molecule has 1 aliphatic rings. The molecule has 1 aromatic rings. The first-order valence-electron chi connectivity index (χ1n) is 6.17. The maximum absolute atomic E-state index is 11.2. The van der Waals surface area contributed by atoms with Crippen LogP contribution in [0.2, 0.25) is 0 Å². The summed E-state index contributed by atoms with van der Waals surface area (Å²) >= 11 is 1.75. The molecule has 0 amide bonds. The molecule has 0 aromatic heterocycles. The van der Waals surface area contributed by atoms with Crippen LogP contribution in [0.1, 0.15) is 48.0 Å². The van der Waals surface area contributed by atoms with E-state index in [1.807, 2.05) is 19.1 Å². The van der Waals surface area contributed by atoms with Crippen molar-refractivity contribution in [3.05, 3.63) is 29.3 Å². The normalized spacial score (nSPS) is 17.0. The number of hydrogen-bond donors (Lipinski definition) is 1. The van der Waals surface area contributed by atoms with E-state index in [0.29, 0.717) is 10.8 Å². The van der Waals surface area contributed by atoms with Gasteiger partial charge in [0.15, 0.2) is 0 Å². The average molecular weight is 250 g/mol. The van der Waals surface area contributed by atoms with Gasteiger partial charge in [-0.3, -0.25) is 0 Å². The number of benzene rings is 1. The molecule has 1 fully saturated rings. The standard InChI is InChI=1S/C14H18O2S/c1-10-7-8-13(12(9-10)14(15)16)17-11-5-3-2-4-6-11/h7-9,11H,2-6H2,1H3,(H,15,16). The molecule has 1 aliphatic carbocycles. The molecule has 0 bridgehead atoms. The lowest BCUT2D eigenvalue weighted by Crippen LogP contribution is -2.09. The Kier molecular flexibility index (Phi) is 4.11. The summed E-state index contributed by atoms with van der Waals surface area (Å²) in [5.41, 5.74) is 1.47. The Hall–Kier alpha value is -0.960. The topological polar surface area (TPSA) is 37.3 Å². The van der Waals surface area contributed by atoms with Crippen molar-refractivity contribution in [2.24, 2.45) is 0 Å². The highest BCUT2D eigenvalue weighted by atomic mass is 32.2. The second-order valence-corrected chi connectivity index (χ2v) is 6.02. The third-order valence-electron chi connectivity index (χ3n) is 3.21. The lowest BCUT2D eigenvalue weighted by atomic mass is 10.0. The molecular weight excluding hydrogens is 232 g/mol. The Labute approximate surface area is 106 Å². The second kappa shape index (κ2) is 5.58. The third kappa shape index (κ3) is 3.25. The fourth-order valence-corrected chi connectivity index (χ4v) is 3.62. The number of rotatable bonds is 3. The van der Waals surface area contributed by atoms with Crippen LogP contribution >= 0.6 is 11.8 Å². The zero-order valence-corrected chi connectivity index (χ0v) is 10.9. The van der Waals surface area contributed by atoms with Crippen LogP contribution < -0.4 is 0 Å². The molecule has 1 N–H and O–H groups in total. The Balaban J connectivity index is 2.16. The highest BCUT2D eigenvalue weighted by Crippen LogP contribution is 2.35. The van der Waals surface area contributed by atoms with E-state index in [9.17, 15) is 9.90 Å². The average Bonchev–Trinajstić information content (AvgIpc) is 2.32. The van der Waals surface area contributed by atoms with E-state index in [1.54, 1.807) is 17.8 Å². The number of carbonyl (C=O) groups is 1. The Morgan fingerprint density at radius 2 is 2.00 bits per heavy atom. The minimum atomic E-state index is -0.813. The summed E-state index contributed by atoms with van der Waals surface area (Å²) in [5.74, 6) is -0.813. The van der Waals surface area contributed by atoms with Gasteiger partial charge in [-0.15, -0.1) is 11.8 Å². The van der Waals surface area contributed by atoms with Crippen molar-refractivity contribution in [2.45, 2.75) is 49.2 Å². The molecule has 3 heteroatoms. The molecule has 0 heterocycles. The van der Waals surface area contributed by atoms with Gasteiger partial charge in [-0.05, 0) is 31.9 Å². The van der Waals surface area contributed by atoms with Crippen molar-refractivity contribution < 1.29 is 9.90 Å². The molecule has 17 heavy (non-hydrogen) atoms. The second-order valence-electron chi connectivity index (χ2n) is 4.68. The van der Waals surface area contributed by atoms with Crippen molar-refractivity contribution in [1.29, 1.82) is 0 Å². The summed E-state index contributed by atoms with van der Waals surface area (Å²) < 4.78 is 0. The van der Waals surface area contributed by atoms with Gasteiger partial charge in [0.2, 0.25) is 0 Å². The molecule has 0 spiro atoms. The summed E-state index contributed by atoms with van der Waals surface area (Å²) in [6.07, 6.45) is 6.34. The predicted octanol–water partition coefficient (Wildman–Crippen LogP) is 4.12. The molecule has 2 nitrogen and oxygen atoms in total. The van der Waals surface area contributed by atoms with Crippen LogP contribution in [0.15, 0.2) is 23.1 Å². The molecule has 0 aliphatic heterocycles. The van der Waals surface area contributed by atoms with E-state index in [1.165, 1.54) is 32.1 Å². The number of aromatic carboxylic acids is 1. The van der Waals surface area contributed by atoms with Gasteiger partial charge in [0.25, 0.3) is 0 Å². The van der Waals surface area contributed by atoms with Gasteiger partial charge in [-0.2, -0.15) is 0 Å². The highest BCUT2D eigenvalue weighted by Gasteiger charge is 2.18. The van der Waals surface area contributed by atoms with E-state index in [0.717, 1.165) is 10.5 Å². The number of thioether (sulfide) groups is 1. The van der Waals surface area contributed by atoms with Gasteiger partial charge >= 0.3 is 5.97 Å². The van der Waals surface area contributed by atoms with Gasteiger partial charge in [-0.1, -0.05) is 30.9 Å². The number of carboxylic acids is 1. The molecule has 92 valence electrons. The molecule has 0 unspecified atom stereocenters. The SMILES string of the molecule is Cc1ccc(SC2CCCCC2)c(C(=O)O)c1. The lowest BCUT2D eigenvalue weighted by Gasteiger charge is -2.21. The Morgan fingerprint density at radius 3 is 2.65 bits per heavy atom. The van der Waals surface area contributed by atoms with Crippen LogP contribution in [0, 0.1) is 6.92 Å². The van der Waals surface area contributed by atoms with E-state index < -0.39 is 5.97 Å². The van der Waals surface area contributed by atoms with Crippen LogP contribution in [0.3, 0.4) is 0 Å². The van der Waals surface area contributed by atoms with Crippen molar-refractivity contribution in [1.82, 2.24) is 0 Å². The van der Waals surface area contributed by atoms with E-state index in [2.05, 4.69) is 0 Å². The van der Waals surface area contributed by atoms with E-state index in [4.69, 9.17) is 0 Å². The summed E-state index contributed by atoms with van der Waals surface area (Å²) in [6, 6.07) is 5.73. The quantitative estimate of drug-likeness (QED) is 0.876. The minimum Gasteiger partial charge on any atom is -0.478 e. The van der Waals surface area contributed by atoms with Gasteiger partial charge < -0.3 is 5.11 Å². The lowest BCUT2D eigenvalue weighted by molar-refractivity contribution is 0.0693. The highest BCUT2D eigenvalue weighted by molar-refractivity contribution is 8.00. The van der Waals surface area contributed by atoms with Crippen molar-refractivity contribution in [3.63, 3.8) is 0 Å². The summed E-state index contributed by atoms with van der Waals surface area (Å²) in [5, 5.41) is 9.81. The first-order chi connectivity index (χ1) is 8.16. The molecule has 1 aromatic carbocycles. The molecule has 0 saturated heterocycles. The maximum atomic E-state index is 11.2. The fourth-order valence-electron chi connectivity index (χ4n) is 2.28. The largest absolute Gasteiger partial charge is 0.478 e. The summed E-state index contributed by atoms with van der Waals surface area (Å²) in [7, 11) is 0. The Morgan fingerprint density at radius 1 is 1.29 bits per heavy atom. The molecule has 0 atom stereocenters. The van der Waals surface area contributed by atoms with Crippen LogP contribution in [0.5, 0.6) is 0 Å². The zero-order chi connectivity index (χ0) is 12.3. The van der Waals surface area contributed by atoms with Crippen molar-refractivity contribution >= 4 is 17.7 Å². The van der Waals surface area contributed by atoms with Crippen molar-refractivity contribution in [3.8, 4) is 0 Å². The van der Waals surface area contributed by atoms with Crippen LogP contribution in [-0.2, 0) is 0 Å². The van der Waals surface area contributed by atoms with Gasteiger partial charge in [-0.25, -0.2) is 4.79 Å². The van der Waals surface area contributed by atoms with Crippen molar-refractivity contribution in [2.75, 3.05) is 0 Å². The molecule has 0 radical (unpaired) electrons. The minimum absolute atomic E-state index is 0.459. The Bertz CT molecular complexity index is 409. The summed E-state index contributed by atoms with van der Waals surface area (Å²) in [6.45, 7) is 1.93. The van der Waals surface area contributed by atoms with E-state index in [-0.39, 0.29) is 0 Å². The molecule has 1 saturated carbocycles. The van der Waals surface area contributed by atoms with Gasteiger partial charge in [0.05, 0.1) is 5.56 Å². The van der Waals surface area contributed by atoms with Crippen LogP contribution in [0.4, 0.5) is 0 Å². The first kappa shape index (κ1) is 12.5. The number of aryl methyl sites for hydroxylation is 1.